The number of aryl methyl sites for hydroxylation is 1. The van der Waals surface area contributed by atoms with Gasteiger partial charge < -0.3 is 5.32 Å². The topological polar surface area (TPSA) is 12.0 Å². The normalized spacial score (nSPS) is 12.3. The monoisotopic (exact) mass is 343 g/mol. The zero-order valence-electron chi connectivity index (χ0n) is 11.0. The molecule has 0 spiro atoms. The Morgan fingerprint density at radius 2 is 1.70 bits per heavy atom. The van der Waals surface area contributed by atoms with Gasteiger partial charge >= 0.3 is 0 Å². The number of rotatable bonds is 3. The number of anilines is 1. The zero-order chi connectivity index (χ0) is 14.9. The second kappa shape index (κ2) is 5.87. The summed E-state index contributed by atoms with van der Waals surface area (Å²) in [4.78, 5) is 0. The van der Waals surface area contributed by atoms with Crippen molar-refractivity contribution >= 4 is 21.6 Å². The van der Waals surface area contributed by atoms with Crippen LogP contribution in [0, 0.1) is 24.4 Å². The van der Waals surface area contributed by atoms with Crippen molar-refractivity contribution in [2.45, 2.75) is 19.9 Å². The van der Waals surface area contributed by atoms with Gasteiger partial charge in [0, 0.05) is 11.3 Å². The average molecular weight is 344 g/mol. The van der Waals surface area contributed by atoms with Crippen molar-refractivity contribution < 1.29 is 13.2 Å². The molecule has 0 aliphatic heterocycles. The van der Waals surface area contributed by atoms with Crippen LogP contribution in [0.4, 0.5) is 18.9 Å². The van der Waals surface area contributed by atoms with Gasteiger partial charge in [0.25, 0.3) is 0 Å². The number of nitrogens with one attached hydrogen (secondary N) is 1. The Morgan fingerprint density at radius 1 is 1.00 bits per heavy atom. The van der Waals surface area contributed by atoms with Crippen molar-refractivity contribution in [3.05, 3.63) is 63.4 Å². The Hall–Kier alpha value is -1.49. The van der Waals surface area contributed by atoms with Crippen LogP contribution in [0.2, 0.25) is 0 Å². The van der Waals surface area contributed by atoms with Crippen molar-refractivity contribution in [3.63, 3.8) is 0 Å². The molecule has 0 heterocycles. The first-order chi connectivity index (χ1) is 9.38. The lowest BCUT2D eigenvalue weighted by molar-refractivity contribution is 0.571. The van der Waals surface area contributed by atoms with Gasteiger partial charge in [0.1, 0.15) is 17.5 Å². The summed E-state index contributed by atoms with van der Waals surface area (Å²) in [6.07, 6.45) is 0. The van der Waals surface area contributed by atoms with E-state index in [4.69, 9.17) is 0 Å². The first-order valence-electron chi connectivity index (χ1n) is 6.05. The van der Waals surface area contributed by atoms with Gasteiger partial charge in [0.05, 0.1) is 10.5 Å². The van der Waals surface area contributed by atoms with E-state index in [1.807, 2.05) is 0 Å². The van der Waals surface area contributed by atoms with E-state index in [0.29, 0.717) is 10.2 Å². The highest BCUT2D eigenvalue weighted by Crippen LogP contribution is 2.26. The molecule has 0 radical (unpaired) electrons. The van der Waals surface area contributed by atoms with Crippen molar-refractivity contribution in [3.8, 4) is 0 Å². The predicted octanol–water partition coefficient (Wildman–Crippen LogP) is 5.35. The molecule has 5 heteroatoms. The number of hydrogen-bond donors (Lipinski definition) is 1. The Kier molecular flexibility index (Phi) is 4.38. The van der Waals surface area contributed by atoms with E-state index in [9.17, 15) is 13.2 Å². The minimum Gasteiger partial charge on any atom is -0.378 e. The Morgan fingerprint density at radius 3 is 2.35 bits per heavy atom. The molecule has 1 nitrogen and oxygen atoms in total. The maximum Gasteiger partial charge on any atom is 0.139 e. The SMILES string of the molecule is Cc1cc(F)c(C(C)Nc2ccc(Br)c(F)c2)cc1F. The molecule has 1 N–H and O–H groups in total. The van der Waals surface area contributed by atoms with Crippen LogP contribution in [0.3, 0.4) is 0 Å². The van der Waals surface area contributed by atoms with Crippen LogP contribution >= 0.6 is 15.9 Å². The van der Waals surface area contributed by atoms with E-state index in [-0.39, 0.29) is 11.1 Å². The Bertz CT molecular complexity index is 643. The van der Waals surface area contributed by atoms with Crippen LogP contribution < -0.4 is 5.32 Å². The fourth-order valence-corrected chi connectivity index (χ4v) is 2.15. The quantitative estimate of drug-likeness (QED) is 0.792. The molecule has 2 aromatic carbocycles. The first-order valence-corrected chi connectivity index (χ1v) is 6.85. The molecule has 0 aliphatic carbocycles. The fourth-order valence-electron chi connectivity index (χ4n) is 1.91. The van der Waals surface area contributed by atoms with Crippen LogP contribution in [0.5, 0.6) is 0 Å². The minimum absolute atomic E-state index is 0.205. The largest absolute Gasteiger partial charge is 0.378 e. The van der Waals surface area contributed by atoms with Gasteiger partial charge in [-0.25, -0.2) is 13.2 Å². The van der Waals surface area contributed by atoms with E-state index in [1.54, 1.807) is 19.1 Å². The van der Waals surface area contributed by atoms with Crippen LogP contribution in [-0.4, -0.2) is 0 Å². The third kappa shape index (κ3) is 3.15. The highest BCUT2D eigenvalue weighted by molar-refractivity contribution is 9.10. The summed E-state index contributed by atoms with van der Waals surface area (Å²) in [5.74, 6) is -1.36. The molecule has 0 fully saturated rings. The molecule has 106 valence electrons. The zero-order valence-corrected chi connectivity index (χ0v) is 12.6. The van der Waals surface area contributed by atoms with Crippen molar-refractivity contribution in [1.29, 1.82) is 0 Å². The first kappa shape index (κ1) is 14.9. The smallest absolute Gasteiger partial charge is 0.139 e. The Balaban J connectivity index is 2.25. The molecule has 0 saturated heterocycles. The van der Waals surface area contributed by atoms with Crippen LogP contribution in [0.1, 0.15) is 24.1 Å². The van der Waals surface area contributed by atoms with Gasteiger partial charge in [0.15, 0.2) is 0 Å². The van der Waals surface area contributed by atoms with Gasteiger partial charge in [-0.15, -0.1) is 0 Å². The summed E-state index contributed by atoms with van der Waals surface area (Å²) in [5.41, 5.74) is 0.961. The van der Waals surface area contributed by atoms with Gasteiger partial charge in [-0.1, -0.05) is 0 Å². The third-order valence-electron chi connectivity index (χ3n) is 3.05. The van der Waals surface area contributed by atoms with Crippen molar-refractivity contribution in [2.24, 2.45) is 0 Å². The molecule has 2 aromatic rings. The summed E-state index contributed by atoms with van der Waals surface area (Å²) in [5, 5.41) is 2.95. The summed E-state index contributed by atoms with van der Waals surface area (Å²) in [7, 11) is 0. The highest BCUT2D eigenvalue weighted by Gasteiger charge is 2.14. The van der Waals surface area contributed by atoms with E-state index < -0.39 is 23.5 Å². The summed E-state index contributed by atoms with van der Waals surface area (Å²) >= 11 is 3.06. The third-order valence-corrected chi connectivity index (χ3v) is 3.69. The number of halogens is 4. The summed E-state index contributed by atoms with van der Waals surface area (Å²) < 4.78 is 41.1. The summed E-state index contributed by atoms with van der Waals surface area (Å²) in [6, 6.07) is 6.35. The number of benzene rings is 2. The summed E-state index contributed by atoms with van der Waals surface area (Å²) in [6.45, 7) is 3.19. The van der Waals surface area contributed by atoms with E-state index in [1.165, 1.54) is 13.0 Å². The molecule has 0 aromatic heterocycles. The second-order valence-electron chi connectivity index (χ2n) is 4.62. The fraction of sp³-hybridized carbons (Fsp3) is 0.200. The Labute approximate surface area is 123 Å². The van der Waals surface area contributed by atoms with Gasteiger partial charge in [-0.3, -0.25) is 0 Å². The molecular weight excluding hydrogens is 331 g/mol. The molecule has 1 unspecified atom stereocenters. The predicted molar refractivity (Wildman–Crippen MR) is 77.2 cm³/mol. The standard InChI is InChI=1S/C15H13BrF3N/c1-8-5-14(18)11(7-13(8)17)9(2)20-10-3-4-12(16)15(19)6-10/h3-7,9,20H,1-2H3. The molecule has 2 rings (SSSR count). The second-order valence-corrected chi connectivity index (χ2v) is 5.47. The molecule has 0 bridgehead atoms. The molecule has 0 amide bonds. The van der Waals surface area contributed by atoms with E-state index in [2.05, 4.69) is 21.2 Å². The van der Waals surface area contributed by atoms with Gasteiger partial charge in [-0.2, -0.15) is 0 Å². The van der Waals surface area contributed by atoms with Crippen LogP contribution in [0.25, 0.3) is 0 Å². The molecule has 0 aliphatic rings. The number of hydrogen-bond acceptors (Lipinski definition) is 1. The van der Waals surface area contributed by atoms with Crippen LogP contribution in [-0.2, 0) is 0 Å². The lowest BCUT2D eigenvalue weighted by Gasteiger charge is -2.17. The van der Waals surface area contributed by atoms with E-state index in [0.717, 1.165) is 12.1 Å². The van der Waals surface area contributed by atoms with Crippen molar-refractivity contribution in [2.75, 3.05) is 5.32 Å². The molecule has 0 saturated carbocycles. The van der Waals surface area contributed by atoms with Crippen molar-refractivity contribution in [1.82, 2.24) is 0 Å². The minimum atomic E-state index is -0.485. The molecule has 1 atom stereocenters. The highest BCUT2D eigenvalue weighted by atomic mass is 79.9. The van der Waals surface area contributed by atoms with Gasteiger partial charge in [-0.05, 0) is 65.7 Å². The maximum absolute atomic E-state index is 13.8. The van der Waals surface area contributed by atoms with E-state index >= 15 is 0 Å². The lowest BCUT2D eigenvalue weighted by Crippen LogP contribution is -2.09. The van der Waals surface area contributed by atoms with Crippen LogP contribution in [0.15, 0.2) is 34.8 Å². The maximum atomic E-state index is 13.8. The average Bonchev–Trinajstić information content (AvgIpc) is 2.38. The van der Waals surface area contributed by atoms with Gasteiger partial charge in [0.2, 0.25) is 0 Å². The molecule has 20 heavy (non-hydrogen) atoms. The lowest BCUT2D eigenvalue weighted by atomic mass is 10.0. The molecular formula is C15H13BrF3N.